The molecular formula is C17H22BrClNO2+. The van der Waals surface area contributed by atoms with Gasteiger partial charge >= 0.3 is 0 Å². The second-order valence-corrected chi connectivity index (χ2v) is 7.25. The van der Waals surface area contributed by atoms with Crippen molar-refractivity contribution in [3.8, 4) is 5.75 Å². The molecule has 3 nitrogen and oxygen atoms in total. The summed E-state index contributed by atoms with van der Waals surface area (Å²) in [5.41, 5.74) is 0. The Hall–Kier alpha value is -0.970. The van der Waals surface area contributed by atoms with E-state index in [1.165, 1.54) is 0 Å². The summed E-state index contributed by atoms with van der Waals surface area (Å²) < 4.78 is 13.0. The Morgan fingerprint density at radius 1 is 1.09 bits per heavy atom. The molecule has 0 bridgehead atoms. The quantitative estimate of drug-likeness (QED) is 0.463. The Morgan fingerprint density at radius 2 is 1.82 bits per heavy atom. The molecule has 1 aromatic heterocycles. The van der Waals surface area contributed by atoms with Crippen molar-refractivity contribution in [3.05, 3.63) is 51.9 Å². The molecule has 22 heavy (non-hydrogen) atoms. The second kappa shape index (κ2) is 8.04. The van der Waals surface area contributed by atoms with Crippen molar-refractivity contribution in [1.29, 1.82) is 0 Å². The standard InChI is InChI=1S/C17H22BrClNO2/c1-20(2,13-16-9-10-17(18)22-16)11-3-4-12-21-15-7-5-14(19)6-8-15/h5-10H,3-4,11-13H2,1-2H3/q+1. The van der Waals surface area contributed by atoms with E-state index in [1.54, 1.807) is 0 Å². The lowest BCUT2D eigenvalue weighted by molar-refractivity contribution is -0.904. The molecule has 120 valence electrons. The van der Waals surface area contributed by atoms with Gasteiger partial charge in [-0.25, -0.2) is 0 Å². The Kier molecular flexibility index (Phi) is 6.36. The molecule has 0 saturated heterocycles. The number of benzene rings is 1. The van der Waals surface area contributed by atoms with E-state index in [9.17, 15) is 0 Å². The van der Waals surface area contributed by atoms with Gasteiger partial charge in [0.1, 0.15) is 12.3 Å². The molecule has 0 radical (unpaired) electrons. The summed E-state index contributed by atoms with van der Waals surface area (Å²) in [5.74, 6) is 1.88. The number of nitrogens with zero attached hydrogens (tertiary/aromatic N) is 1. The predicted octanol–water partition coefficient (Wildman–Crippen LogP) is 5.13. The van der Waals surface area contributed by atoms with Crippen LogP contribution >= 0.6 is 27.5 Å². The molecule has 5 heteroatoms. The zero-order chi connectivity index (χ0) is 16.0. The SMILES string of the molecule is C[N+](C)(CCCCOc1ccc(Cl)cc1)Cc1ccc(Br)o1. The van der Waals surface area contributed by atoms with Gasteiger partial charge < -0.3 is 13.6 Å². The minimum atomic E-state index is 0.730. The predicted molar refractivity (Wildman–Crippen MR) is 93.3 cm³/mol. The average Bonchev–Trinajstić information content (AvgIpc) is 2.85. The normalized spacial score (nSPS) is 11.6. The summed E-state index contributed by atoms with van der Waals surface area (Å²) in [7, 11) is 4.44. The Bertz CT molecular complexity index is 581. The summed E-state index contributed by atoms with van der Waals surface area (Å²) in [6.07, 6.45) is 2.15. The molecule has 0 aliphatic rings. The highest BCUT2D eigenvalue weighted by Gasteiger charge is 2.17. The number of furan rings is 1. The van der Waals surface area contributed by atoms with Crippen LogP contribution in [0.1, 0.15) is 18.6 Å². The Labute approximate surface area is 145 Å². The average molecular weight is 388 g/mol. The third-order valence-corrected chi connectivity index (χ3v) is 4.13. The van der Waals surface area contributed by atoms with Gasteiger partial charge in [0.05, 0.1) is 27.2 Å². The minimum Gasteiger partial charge on any atom is -0.494 e. The van der Waals surface area contributed by atoms with Crippen LogP contribution in [0, 0.1) is 0 Å². The van der Waals surface area contributed by atoms with E-state index in [2.05, 4.69) is 30.0 Å². The van der Waals surface area contributed by atoms with Gasteiger partial charge in [-0.15, -0.1) is 0 Å². The largest absolute Gasteiger partial charge is 0.494 e. The number of ether oxygens (including phenoxy) is 1. The molecule has 0 amide bonds. The first kappa shape index (κ1) is 17.4. The Morgan fingerprint density at radius 3 is 2.45 bits per heavy atom. The van der Waals surface area contributed by atoms with Crippen molar-refractivity contribution in [2.75, 3.05) is 27.2 Å². The Balaban J connectivity index is 1.65. The zero-order valence-corrected chi connectivity index (χ0v) is 15.4. The van der Waals surface area contributed by atoms with E-state index in [0.29, 0.717) is 0 Å². The van der Waals surface area contributed by atoms with Crippen LogP contribution in [-0.2, 0) is 6.54 Å². The van der Waals surface area contributed by atoms with Crippen molar-refractivity contribution < 1.29 is 13.6 Å². The van der Waals surface area contributed by atoms with E-state index < -0.39 is 0 Å². The number of rotatable bonds is 8. The smallest absolute Gasteiger partial charge is 0.169 e. The van der Waals surface area contributed by atoms with Crippen molar-refractivity contribution >= 4 is 27.5 Å². The van der Waals surface area contributed by atoms with Gasteiger partial charge in [-0.05, 0) is 65.2 Å². The molecule has 1 heterocycles. The van der Waals surface area contributed by atoms with E-state index in [-0.39, 0.29) is 0 Å². The van der Waals surface area contributed by atoms with Crippen molar-refractivity contribution in [3.63, 3.8) is 0 Å². The number of hydrogen-bond acceptors (Lipinski definition) is 2. The van der Waals surface area contributed by atoms with Crippen LogP contribution in [0.15, 0.2) is 45.5 Å². The van der Waals surface area contributed by atoms with Gasteiger partial charge in [0.15, 0.2) is 10.4 Å². The topological polar surface area (TPSA) is 22.4 Å². The molecule has 2 rings (SSSR count). The van der Waals surface area contributed by atoms with E-state index in [4.69, 9.17) is 20.8 Å². The molecule has 0 aliphatic heterocycles. The highest BCUT2D eigenvalue weighted by Crippen LogP contribution is 2.18. The van der Waals surface area contributed by atoms with Crippen LogP contribution in [0.2, 0.25) is 5.02 Å². The second-order valence-electron chi connectivity index (χ2n) is 6.03. The first-order valence-electron chi connectivity index (χ1n) is 7.39. The molecule has 0 N–H and O–H groups in total. The lowest BCUT2D eigenvalue weighted by atomic mass is 10.2. The number of quaternary nitrogens is 1. The van der Waals surface area contributed by atoms with E-state index in [0.717, 1.165) is 58.2 Å². The number of hydrogen-bond donors (Lipinski definition) is 0. The van der Waals surface area contributed by atoms with Gasteiger partial charge in [-0.1, -0.05) is 11.6 Å². The van der Waals surface area contributed by atoms with Crippen LogP contribution in [0.25, 0.3) is 0 Å². The molecule has 0 fully saturated rings. The van der Waals surface area contributed by atoms with Gasteiger partial charge in [0, 0.05) is 5.02 Å². The van der Waals surface area contributed by atoms with Gasteiger partial charge in [0.2, 0.25) is 0 Å². The summed E-state index contributed by atoms with van der Waals surface area (Å²) in [5, 5.41) is 0.732. The molecule has 0 unspecified atom stereocenters. The van der Waals surface area contributed by atoms with Gasteiger partial charge in [-0.2, -0.15) is 0 Å². The summed E-state index contributed by atoms with van der Waals surface area (Å²) in [6, 6.07) is 11.5. The highest BCUT2D eigenvalue weighted by molar-refractivity contribution is 9.10. The van der Waals surface area contributed by atoms with Gasteiger partial charge in [-0.3, -0.25) is 0 Å². The first-order valence-corrected chi connectivity index (χ1v) is 8.56. The summed E-state index contributed by atoms with van der Waals surface area (Å²) >= 11 is 9.19. The molecule has 1 aromatic carbocycles. The first-order chi connectivity index (χ1) is 10.4. The summed E-state index contributed by atoms with van der Waals surface area (Å²) in [4.78, 5) is 0. The third-order valence-electron chi connectivity index (χ3n) is 3.45. The maximum absolute atomic E-state index is 5.85. The van der Waals surface area contributed by atoms with Gasteiger partial charge in [0.25, 0.3) is 0 Å². The van der Waals surface area contributed by atoms with Crippen LogP contribution in [0.3, 0.4) is 0 Å². The maximum Gasteiger partial charge on any atom is 0.169 e. The lowest BCUT2D eigenvalue weighted by Gasteiger charge is -2.28. The third kappa shape index (κ3) is 6.03. The molecule has 0 atom stereocenters. The van der Waals surface area contributed by atoms with E-state index in [1.807, 2.05) is 36.4 Å². The number of unbranched alkanes of at least 4 members (excludes halogenated alkanes) is 1. The van der Waals surface area contributed by atoms with Crippen molar-refractivity contribution in [2.24, 2.45) is 0 Å². The van der Waals surface area contributed by atoms with Crippen LogP contribution in [0.4, 0.5) is 0 Å². The fourth-order valence-electron chi connectivity index (χ4n) is 2.30. The van der Waals surface area contributed by atoms with Crippen LogP contribution in [-0.4, -0.2) is 31.7 Å². The fraction of sp³-hybridized carbons (Fsp3) is 0.412. The zero-order valence-electron chi connectivity index (χ0n) is 13.0. The lowest BCUT2D eigenvalue weighted by Crippen LogP contribution is -2.39. The van der Waals surface area contributed by atoms with E-state index >= 15 is 0 Å². The summed E-state index contributed by atoms with van der Waals surface area (Å²) in [6.45, 7) is 2.71. The molecular weight excluding hydrogens is 366 g/mol. The van der Waals surface area contributed by atoms with Crippen LogP contribution < -0.4 is 4.74 Å². The maximum atomic E-state index is 5.85. The molecule has 0 aliphatic carbocycles. The molecule has 0 spiro atoms. The fourth-order valence-corrected chi connectivity index (χ4v) is 2.77. The molecule has 2 aromatic rings. The van der Waals surface area contributed by atoms with Crippen molar-refractivity contribution in [1.82, 2.24) is 0 Å². The monoisotopic (exact) mass is 386 g/mol. The minimum absolute atomic E-state index is 0.730. The highest BCUT2D eigenvalue weighted by atomic mass is 79.9. The van der Waals surface area contributed by atoms with Crippen molar-refractivity contribution in [2.45, 2.75) is 19.4 Å². The number of halogens is 2. The van der Waals surface area contributed by atoms with Crippen LogP contribution in [0.5, 0.6) is 5.75 Å². The molecule has 0 saturated carbocycles.